The number of thioether (sulfide) groups is 1. The van der Waals surface area contributed by atoms with Gasteiger partial charge in [0, 0.05) is 21.9 Å². The van der Waals surface area contributed by atoms with Crippen LogP contribution in [0.25, 0.3) is 0 Å². The van der Waals surface area contributed by atoms with Crippen molar-refractivity contribution in [2.24, 2.45) is 0 Å². The lowest BCUT2D eigenvalue weighted by atomic mass is 10.1. The van der Waals surface area contributed by atoms with Gasteiger partial charge in [0.1, 0.15) is 0 Å². The first-order valence-electron chi connectivity index (χ1n) is 5.58. The standard InChI is InChI=1S/C13H12OS3/c14-11(7-10-2-1-4-16-10)13-6-9-8-15-5-3-12(9)17-13/h1-2,4,6H,3,5,7-8H2. The van der Waals surface area contributed by atoms with Gasteiger partial charge in [0.15, 0.2) is 5.78 Å². The summed E-state index contributed by atoms with van der Waals surface area (Å²) >= 11 is 5.33. The summed E-state index contributed by atoms with van der Waals surface area (Å²) in [4.78, 5) is 15.7. The fraction of sp³-hybridized carbons (Fsp3) is 0.308. The van der Waals surface area contributed by atoms with E-state index in [1.807, 2.05) is 29.3 Å². The van der Waals surface area contributed by atoms with Crippen LogP contribution < -0.4 is 0 Å². The van der Waals surface area contributed by atoms with Crippen LogP contribution in [-0.2, 0) is 18.6 Å². The molecule has 0 bridgehead atoms. The minimum absolute atomic E-state index is 0.275. The second-order valence-corrected chi connectivity index (χ2v) is 7.32. The molecule has 0 aromatic carbocycles. The molecule has 3 heterocycles. The van der Waals surface area contributed by atoms with Crippen molar-refractivity contribution in [3.8, 4) is 0 Å². The van der Waals surface area contributed by atoms with Gasteiger partial charge in [-0.2, -0.15) is 11.8 Å². The molecule has 0 saturated carbocycles. The average Bonchev–Trinajstić information content (AvgIpc) is 2.96. The summed E-state index contributed by atoms with van der Waals surface area (Å²) in [5.41, 5.74) is 1.39. The zero-order chi connectivity index (χ0) is 11.7. The van der Waals surface area contributed by atoms with Crippen LogP contribution in [0.4, 0.5) is 0 Å². The Morgan fingerprint density at radius 2 is 2.35 bits per heavy atom. The van der Waals surface area contributed by atoms with Crippen molar-refractivity contribution >= 4 is 40.2 Å². The lowest BCUT2D eigenvalue weighted by Crippen LogP contribution is -1.99. The van der Waals surface area contributed by atoms with Crippen molar-refractivity contribution in [1.82, 2.24) is 0 Å². The highest BCUT2D eigenvalue weighted by Crippen LogP contribution is 2.32. The number of hydrogen-bond donors (Lipinski definition) is 0. The van der Waals surface area contributed by atoms with Crippen LogP contribution in [0.5, 0.6) is 0 Å². The predicted molar refractivity (Wildman–Crippen MR) is 76.5 cm³/mol. The van der Waals surface area contributed by atoms with E-state index < -0.39 is 0 Å². The minimum Gasteiger partial charge on any atom is -0.293 e. The van der Waals surface area contributed by atoms with Gasteiger partial charge in [0.2, 0.25) is 0 Å². The quantitative estimate of drug-likeness (QED) is 0.790. The predicted octanol–water partition coefficient (Wildman–Crippen LogP) is 4.02. The number of fused-ring (bicyclic) bond motifs is 1. The van der Waals surface area contributed by atoms with Crippen LogP contribution in [-0.4, -0.2) is 11.5 Å². The fourth-order valence-electron chi connectivity index (χ4n) is 1.94. The van der Waals surface area contributed by atoms with Crippen LogP contribution in [0.15, 0.2) is 23.6 Å². The Labute approximate surface area is 113 Å². The number of aryl methyl sites for hydroxylation is 1. The maximum atomic E-state index is 12.1. The lowest BCUT2D eigenvalue weighted by molar-refractivity contribution is 0.0997. The molecule has 0 fully saturated rings. The molecule has 0 aliphatic carbocycles. The second kappa shape index (κ2) is 4.96. The van der Waals surface area contributed by atoms with Gasteiger partial charge in [0.25, 0.3) is 0 Å². The molecule has 0 saturated heterocycles. The topological polar surface area (TPSA) is 17.1 Å². The third-order valence-corrected chi connectivity index (χ3v) is 5.98. The molecule has 1 aliphatic rings. The zero-order valence-electron chi connectivity index (χ0n) is 9.27. The van der Waals surface area contributed by atoms with Gasteiger partial charge in [0.05, 0.1) is 4.88 Å². The van der Waals surface area contributed by atoms with Crippen LogP contribution in [0, 0.1) is 0 Å². The van der Waals surface area contributed by atoms with Gasteiger partial charge < -0.3 is 0 Å². The molecule has 17 heavy (non-hydrogen) atoms. The van der Waals surface area contributed by atoms with Gasteiger partial charge in [-0.05, 0) is 35.2 Å². The maximum Gasteiger partial charge on any atom is 0.177 e. The van der Waals surface area contributed by atoms with E-state index in [1.54, 1.807) is 22.7 Å². The highest BCUT2D eigenvalue weighted by molar-refractivity contribution is 7.98. The van der Waals surface area contributed by atoms with E-state index in [1.165, 1.54) is 16.2 Å². The first-order chi connectivity index (χ1) is 8.33. The fourth-order valence-corrected chi connectivity index (χ4v) is 4.96. The Balaban J connectivity index is 1.79. The smallest absolute Gasteiger partial charge is 0.177 e. The number of carbonyl (C=O) groups excluding carboxylic acids is 1. The Morgan fingerprint density at radius 1 is 1.41 bits per heavy atom. The summed E-state index contributed by atoms with van der Waals surface area (Å²) in [5, 5.41) is 2.03. The molecule has 3 rings (SSSR count). The number of carbonyl (C=O) groups is 1. The molecule has 1 aliphatic heterocycles. The molecule has 0 atom stereocenters. The summed E-state index contributed by atoms with van der Waals surface area (Å²) in [5.74, 6) is 2.56. The Morgan fingerprint density at radius 3 is 3.12 bits per heavy atom. The summed E-state index contributed by atoms with van der Waals surface area (Å²) in [6.07, 6.45) is 1.70. The van der Waals surface area contributed by atoms with Crippen molar-refractivity contribution in [3.63, 3.8) is 0 Å². The van der Waals surface area contributed by atoms with Gasteiger partial charge >= 0.3 is 0 Å². The molecule has 1 nitrogen and oxygen atoms in total. The Bertz CT molecular complexity index is 501. The Kier molecular flexibility index (Phi) is 3.36. The van der Waals surface area contributed by atoms with Gasteiger partial charge in [-0.3, -0.25) is 4.79 Å². The third kappa shape index (κ3) is 2.49. The minimum atomic E-state index is 0.275. The number of thiophene rings is 2. The lowest BCUT2D eigenvalue weighted by Gasteiger charge is -2.08. The molecular formula is C13H12OS3. The third-order valence-electron chi connectivity index (χ3n) is 2.82. The SMILES string of the molecule is O=C(Cc1cccs1)c1cc2c(s1)CCSC2. The van der Waals surface area contributed by atoms with E-state index >= 15 is 0 Å². The monoisotopic (exact) mass is 280 g/mol. The van der Waals surface area contributed by atoms with Gasteiger partial charge in [-0.1, -0.05) is 6.07 Å². The summed E-state index contributed by atoms with van der Waals surface area (Å²) in [6, 6.07) is 6.15. The summed E-state index contributed by atoms with van der Waals surface area (Å²) < 4.78 is 0. The number of rotatable bonds is 3. The molecule has 2 aromatic rings. The van der Waals surface area contributed by atoms with Gasteiger partial charge in [-0.15, -0.1) is 22.7 Å². The van der Waals surface area contributed by atoms with E-state index in [2.05, 4.69) is 6.07 Å². The highest BCUT2D eigenvalue weighted by Gasteiger charge is 2.17. The Hall–Kier alpha value is -0.580. The normalized spacial score (nSPS) is 14.6. The first-order valence-corrected chi connectivity index (χ1v) is 8.43. The maximum absolute atomic E-state index is 12.1. The van der Waals surface area contributed by atoms with E-state index in [0.29, 0.717) is 6.42 Å². The van der Waals surface area contributed by atoms with E-state index in [4.69, 9.17) is 0 Å². The van der Waals surface area contributed by atoms with Gasteiger partial charge in [-0.25, -0.2) is 0 Å². The van der Waals surface area contributed by atoms with Crippen molar-refractivity contribution in [3.05, 3.63) is 43.8 Å². The average molecular weight is 280 g/mol. The van der Waals surface area contributed by atoms with Crippen molar-refractivity contribution < 1.29 is 4.79 Å². The van der Waals surface area contributed by atoms with Crippen LogP contribution in [0.3, 0.4) is 0 Å². The molecule has 88 valence electrons. The van der Waals surface area contributed by atoms with Crippen LogP contribution in [0.1, 0.15) is 25.0 Å². The largest absolute Gasteiger partial charge is 0.293 e. The summed E-state index contributed by atoms with van der Waals surface area (Å²) in [6.45, 7) is 0. The molecule has 2 aromatic heterocycles. The van der Waals surface area contributed by atoms with E-state index in [9.17, 15) is 4.79 Å². The van der Waals surface area contributed by atoms with Crippen LogP contribution in [0.2, 0.25) is 0 Å². The van der Waals surface area contributed by atoms with Crippen molar-refractivity contribution in [2.75, 3.05) is 5.75 Å². The number of Topliss-reactive ketones (excluding diaryl/α,β-unsaturated/α-hetero) is 1. The zero-order valence-corrected chi connectivity index (χ0v) is 11.7. The van der Waals surface area contributed by atoms with E-state index in [0.717, 1.165) is 21.9 Å². The first kappa shape index (κ1) is 11.5. The van der Waals surface area contributed by atoms with Crippen LogP contribution >= 0.6 is 34.4 Å². The van der Waals surface area contributed by atoms with Crippen molar-refractivity contribution in [1.29, 1.82) is 0 Å². The molecule has 0 amide bonds. The highest BCUT2D eigenvalue weighted by atomic mass is 32.2. The molecule has 0 radical (unpaired) electrons. The molecule has 0 unspecified atom stereocenters. The second-order valence-electron chi connectivity index (χ2n) is 4.04. The van der Waals surface area contributed by atoms with Crippen molar-refractivity contribution in [2.45, 2.75) is 18.6 Å². The van der Waals surface area contributed by atoms with E-state index in [-0.39, 0.29) is 5.78 Å². The molecule has 0 spiro atoms. The summed E-state index contributed by atoms with van der Waals surface area (Å²) in [7, 11) is 0. The number of ketones is 1. The molecular weight excluding hydrogens is 268 g/mol. The molecule has 0 N–H and O–H groups in total. The number of hydrogen-bond acceptors (Lipinski definition) is 4. The molecule has 4 heteroatoms.